The maximum atomic E-state index is 12.0. The largest absolute Gasteiger partial charge is 0.484 e. The van der Waals surface area contributed by atoms with E-state index in [2.05, 4.69) is 10.2 Å². The number of carbonyl (C=O) groups is 1. The van der Waals surface area contributed by atoms with Crippen molar-refractivity contribution >= 4 is 34.8 Å². The second-order valence-electron chi connectivity index (χ2n) is 5.99. The van der Waals surface area contributed by atoms with Crippen molar-refractivity contribution in [2.45, 2.75) is 6.54 Å². The van der Waals surface area contributed by atoms with Crippen molar-refractivity contribution in [3.63, 3.8) is 0 Å². The monoisotopic (exact) mass is 394 g/mol. The van der Waals surface area contributed by atoms with Crippen LogP contribution in [0.2, 0.25) is 10.0 Å². The van der Waals surface area contributed by atoms with E-state index in [0.29, 0.717) is 21.5 Å². The Morgan fingerprint density at radius 3 is 2.54 bits per heavy atom. The van der Waals surface area contributed by atoms with Gasteiger partial charge in [0.25, 0.3) is 5.91 Å². The van der Waals surface area contributed by atoms with Crippen LogP contribution < -0.4 is 10.1 Å². The number of amides is 1. The first kappa shape index (κ1) is 19.0. The van der Waals surface area contributed by atoms with Crippen LogP contribution in [-0.4, -0.2) is 43.7 Å². The van der Waals surface area contributed by atoms with Gasteiger partial charge >= 0.3 is 0 Å². The van der Waals surface area contributed by atoms with Crippen molar-refractivity contribution in [1.82, 2.24) is 4.90 Å². The average Bonchev–Trinajstić information content (AvgIpc) is 2.64. The molecule has 1 fully saturated rings. The molecule has 0 spiro atoms. The van der Waals surface area contributed by atoms with E-state index < -0.39 is 0 Å². The van der Waals surface area contributed by atoms with Crippen LogP contribution in [0.15, 0.2) is 42.5 Å². The van der Waals surface area contributed by atoms with Gasteiger partial charge in [-0.2, -0.15) is 0 Å². The molecule has 1 N–H and O–H groups in total. The topological polar surface area (TPSA) is 50.8 Å². The van der Waals surface area contributed by atoms with Crippen molar-refractivity contribution in [1.29, 1.82) is 0 Å². The molecule has 0 atom stereocenters. The maximum absolute atomic E-state index is 12.0. The summed E-state index contributed by atoms with van der Waals surface area (Å²) in [6.07, 6.45) is 0. The van der Waals surface area contributed by atoms with Crippen molar-refractivity contribution < 1.29 is 14.3 Å². The van der Waals surface area contributed by atoms with Gasteiger partial charge in [0.05, 0.1) is 13.2 Å². The minimum Gasteiger partial charge on any atom is -0.484 e. The highest BCUT2D eigenvalue weighted by Crippen LogP contribution is 2.23. The molecule has 1 aliphatic heterocycles. The van der Waals surface area contributed by atoms with Gasteiger partial charge in [-0.05, 0) is 42.0 Å². The van der Waals surface area contributed by atoms with Crippen LogP contribution in [-0.2, 0) is 16.1 Å². The average molecular weight is 395 g/mol. The van der Waals surface area contributed by atoms with Gasteiger partial charge < -0.3 is 14.8 Å². The lowest BCUT2D eigenvalue weighted by Crippen LogP contribution is -2.35. The SMILES string of the molecule is O=C(COc1ccc(Cl)cc1)Nc1ccc(CN2CCOCC2)c(Cl)c1. The number of nitrogens with zero attached hydrogens (tertiary/aromatic N) is 1. The van der Waals surface area contributed by atoms with Gasteiger partial charge in [0.15, 0.2) is 6.61 Å². The Kier molecular flexibility index (Phi) is 6.74. The molecule has 0 radical (unpaired) electrons. The van der Waals surface area contributed by atoms with Gasteiger partial charge in [-0.15, -0.1) is 0 Å². The van der Waals surface area contributed by atoms with E-state index in [1.54, 1.807) is 30.3 Å². The number of anilines is 1. The van der Waals surface area contributed by atoms with Gasteiger partial charge in [0, 0.05) is 35.4 Å². The number of carbonyl (C=O) groups excluding carboxylic acids is 1. The van der Waals surface area contributed by atoms with Crippen molar-refractivity contribution in [2.75, 3.05) is 38.2 Å². The third kappa shape index (κ3) is 5.61. The molecule has 2 aromatic carbocycles. The predicted octanol–water partition coefficient (Wildman–Crippen LogP) is 3.84. The minimum atomic E-state index is -0.253. The van der Waals surface area contributed by atoms with Gasteiger partial charge in [0.1, 0.15) is 5.75 Å². The molecule has 1 heterocycles. The zero-order valence-electron chi connectivity index (χ0n) is 14.2. The van der Waals surface area contributed by atoms with Crippen LogP contribution >= 0.6 is 23.2 Å². The molecule has 1 aliphatic rings. The summed E-state index contributed by atoms with van der Waals surface area (Å²) >= 11 is 12.2. The molecular weight excluding hydrogens is 375 g/mol. The number of hydrogen-bond donors (Lipinski definition) is 1. The molecule has 3 rings (SSSR count). The lowest BCUT2D eigenvalue weighted by atomic mass is 10.2. The Balaban J connectivity index is 1.51. The fourth-order valence-electron chi connectivity index (χ4n) is 2.63. The number of hydrogen-bond acceptors (Lipinski definition) is 4. The maximum Gasteiger partial charge on any atom is 0.262 e. The molecular formula is C19H20Cl2N2O3. The lowest BCUT2D eigenvalue weighted by molar-refractivity contribution is -0.118. The molecule has 0 saturated carbocycles. The minimum absolute atomic E-state index is 0.0885. The first-order valence-electron chi connectivity index (χ1n) is 8.37. The number of halogens is 2. The molecule has 138 valence electrons. The first-order chi connectivity index (χ1) is 12.6. The van der Waals surface area contributed by atoms with E-state index >= 15 is 0 Å². The van der Waals surface area contributed by atoms with E-state index in [1.165, 1.54) is 0 Å². The molecule has 5 nitrogen and oxygen atoms in total. The number of ether oxygens (including phenoxy) is 2. The smallest absolute Gasteiger partial charge is 0.262 e. The van der Waals surface area contributed by atoms with Gasteiger partial charge in [-0.3, -0.25) is 9.69 Å². The normalized spacial score (nSPS) is 14.8. The molecule has 2 aromatic rings. The second-order valence-corrected chi connectivity index (χ2v) is 6.83. The zero-order chi connectivity index (χ0) is 18.4. The second kappa shape index (κ2) is 9.24. The highest BCUT2D eigenvalue weighted by Gasteiger charge is 2.13. The molecule has 7 heteroatoms. The summed E-state index contributed by atoms with van der Waals surface area (Å²) in [5.41, 5.74) is 1.68. The van der Waals surface area contributed by atoms with Crippen LogP contribution in [0.3, 0.4) is 0 Å². The molecule has 1 amide bonds. The quantitative estimate of drug-likeness (QED) is 0.808. The van der Waals surface area contributed by atoms with E-state index in [1.807, 2.05) is 12.1 Å². The van der Waals surface area contributed by atoms with Crippen LogP contribution in [0.1, 0.15) is 5.56 Å². The van der Waals surface area contributed by atoms with Crippen molar-refractivity contribution in [3.05, 3.63) is 58.1 Å². The Labute approximate surface area is 162 Å². The van der Waals surface area contributed by atoms with E-state index in [9.17, 15) is 4.79 Å². The number of benzene rings is 2. The highest BCUT2D eigenvalue weighted by atomic mass is 35.5. The van der Waals surface area contributed by atoms with Crippen molar-refractivity contribution in [2.24, 2.45) is 0 Å². The number of nitrogens with one attached hydrogen (secondary N) is 1. The summed E-state index contributed by atoms with van der Waals surface area (Å²) in [4.78, 5) is 14.3. The first-order valence-corrected chi connectivity index (χ1v) is 9.12. The molecule has 0 aromatic heterocycles. The fraction of sp³-hybridized carbons (Fsp3) is 0.316. The molecule has 26 heavy (non-hydrogen) atoms. The Hall–Kier alpha value is -1.79. The molecule has 1 saturated heterocycles. The van der Waals surface area contributed by atoms with Crippen molar-refractivity contribution in [3.8, 4) is 5.75 Å². The third-order valence-corrected chi connectivity index (χ3v) is 4.62. The highest BCUT2D eigenvalue weighted by molar-refractivity contribution is 6.31. The van der Waals surface area contributed by atoms with Gasteiger partial charge in [-0.1, -0.05) is 29.3 Å². The Morgan fingerprint density at radius 1 is 1.12 bits per heavy atom. The summed E-state index contributed by atoms with van der Waals surface area (Å²) in [7, 11) is 0. The summed E-state index contributed by atoms with van der Waals surface area (Å²) < 4.78 is 10.8. The third-order valence-electron chi connectivity index (χ3n) is 4.02. The Morgan fingerprint density at radius 2 is 1.85 bits per heavy atom. The summed E-state index contributed by atoms with van der Waals surface area (Å²) in [6, 6.07) is 12.4. The number of morpholine rings is 1. The number of rotatable bonds is 6. The van der Waals surface area contributed by atoms with E-state index in [4.69, 9.17) is 32.7 Å². The van der Waals surface area contributed by atoms with Crippen LogP contribution in [0.4, 0.5) is 5.69 Å². The molecule has 0 aliphatic carbocycles. The zero-order valence-corrected chi connectivity index (χ0v) is 15.7. The fourth-order valence-corrected chi connectivity index (χ4v) is 3.00. The molecule has 0 unspecified atom stereocenters. The summed E-state index contributed by atoms with van der Waals surface area (Å²) in [5, 5.41) is 4.04. The van der Waals surface area contributed by atoms with E-state index in [-0.39, 0.29) is 12.5 Å². The molecule has 0 bridgehead atoms. The van der Waals surface area contributed by atoms with Crippen LogP contribution in [0.5, 0.6) is 5.75 Å². The van der Waals surface area contributed by atoms with E-state index in [0.717, 1.165) is 38.4 Å². The van der Waals surface area contributed by atoms with Gasteiger partial charge in [-0.25, -0.2) is 0 Å². The standard InChI is InChI=1S/C19H20Cl2N2O3/c20-15-2-5-17(6-3-15)26-13-19(24)22-16-4-1-14(18(21)11-16)12-23-7-9-25-10-8-23/h1-6,11H,7-10,12-13H2,(H,22,24). The van der Waals surface area contributed by atoms with Gasteiger partial charge in [0.2, 0.25) is 0 Å². The van der Waals surface area contributed by atoms with Crippen LogP contribution in [0.25, 0.3) is 0 Å². The predicted molar refractivity (Wildman–Crippen MR) is 103 cm³/mol. The van der Waals surface area contributed by atoms with Crippen LogP contribution in [0, 0.1) is 0 Å². The summed E-state index contributed by atoms with van der Waals surface area (Å²) in [5.74, 6) is 0.334. The Bertz CT molecular complexity index is 747. The lowest BCUT2D eigenvalue weighted by Gasteiger charge is -2.27. The summed E-state index contributed by atoms with van der Waals surface area (Å²) in [6.45, 7) is 3.98.